The molecule has 1 aliphatic rings. The van der Waals surface area contributed by atoms with Gasteiger partial charge >= 0.3 is 0 Å². The average Bonchev–Trinajstić information content (AvgIpc) is 3.33. The van der Waals surface area contributed by atoms with Crippen molar-refractivity contribution in [1.82, 2.24) is 10.2 Å². The minimum absolute atomic E-state index is 0.532. The van der Waals surface area contributed by atoms with Crippen molar-refractivity contribution in [1.29, 1.82) is 0 Å². The minimum Gasteiger partial charge on any atom is -0.469 e. The van der Waals surface area contributed by atoms with E-state index in [1.165, 1.54) is 11.1 Å². The fourth-order valence-electron chi connectivity index (χ4n) is 3.05. The SMILES string of the molecule is Cc1ccc(CN(C)C(=NCC2CCOC2)NCCc2ccco2)cc1. The number of hydrogen-bond donors (Lipinski definition) is 1. The lowest BCUT2D eigenvalue weighted by molar-refractivity contribution is 0.187. The largest absolute Gasteiger partial charge is 0.469 e. The van der Waals surface area contributed by atoms with Crippen LogP contribution >= 0.6 is 0 Å². The van der Waals surface area contributed by atoms with Crippen molar-refractivity contribution < 1.29 is 9.15 Å². The third kappa shape index (κ3) is 5.63. The van der Waals surface area contributed by atoms with E-state index in [4.69, 9.17) is 14.1 Å². The Morgan fingerprint density at radius 1 is 1.27 bits per heavy atom. The van der Waals surface area contributed by atoms with Gasteiger partial charge in [0.05, 0.1) is 12.9 Å². The molecule has 1 aromatic heterocycles. The summed E-state index contributed by atoms with van der Waals surface area (Å²) in [5, 5.41) is 3.49. The van der Waals surface area contributed by atoms with Gasteiger partial charge in [-0.05, 0) is 31.0 Å². The minimum atomic E-state index is 0.532. The molecule has 0 spiro atoms. The third-order valence-electron chi connectivity index (χ3n) is 4.66. The normalized spacial score (nSPS) is 17.5. The Morgan fingerprint density at radius 2 is 2.12 bits per heavy atom. The summed E-state index contributed by atoms with van der Waals surface area (Å²) in [7, 11) is 2.09. The maximum atomic E-state index is 5.47. The molecule has 0 bridgehead atoms. The summed E-state index contributed by atoms with van der Waals surface area (Å²) in [6.07, 6.45) is 3.66. The Balaban J connectivity index is 1.59. The maximum absolute atomic E-state index is 5.47. The van der Waals surface area contributed by atoms with Gasteiger partial charge in [-0.3, -0.25) is 4.99 Å². The van der Waals surface area contributed by atoms with Gasteiger partial charge in [0.25, 0.3) is 0 Å². The van der Waals surface area contributed by atoms with E-state index in [1.807, 2.05) is 12.1 Å². The van der Waals surface area contributed by atoms with Crippen LogP contribution in [0.5, 0.6) is 0 Å². The summed E-state index contributed by atoms with van der Waals surface area (Å²) in [6, 6.07) is 12.6. The molecule has 1 aromatic carbocycles. The summed E-state index contributed by atoms with van der Waals surface area (Å²) < 4.78 is 10.9. The predicted molar refractivity (Wildman–Crippen MR) is 104 cm³/mol. The van der Waals surface area contributed by atoms with Gasteiger partial charge in [-0.15, -0.1) is 0 Å². The second-order valence-corrected chi connectivity index (χ2v) is 6.99. The molecule has 2 aromatic rings. The molecule has 140 valence electrons. The van der Waals surface area contributed by atoms with Gasteiger partial charge in [-0.25, -0.2) is 0 Å². The van der Waals surface area contributed by atoms with Gasteiger partial charge in [0.1, 0.15) is 5.76 Å². The molecule has 1 aliphatic heterocycles. The highest BCUT2D eigenvalue weighted by Gasteiger charge is 2.16. The van der Waals surface area contributed by atoms with Gasteiger partial charge in [0.15, 0.2) is 5.96 Å². The molecule has 5 heteroatoms. The topological polar surface area (TPSA) is 50.0 Å². The van der Waals surface area contributed by atoms with Crippen LogP contribution in [-0.2, 0) is 17.7 Å². The number of nitrogens with zero attached hydrogens (tertiary/aromatic N) is 2. The summed E-state index contributed by atoms with van der Waals surface area (Å²) in [6.45, 7) is 6.23. The van der Waals surface area contributed by atoms with Crippen LogP contribution in [0.25, 0.3) is 0 Å². The molecule has 1 N–H and O–H groups in total. The maximum Gasteiger partial charge on any atom is 0.193 e. The average molecular weight is 355 g/mol. The van der Waals surface area contributed by atoms with Gasteiger partial charge in [-0.1, -0.05) is 29.8 Å². The van der Waals surface area contributed by atoms with Crippen molar-refractivity contribution in [3.05, 3.63) is 59.5 Å². The Labute approximate surface area is 156 Å². The zero-order valence-corrected chi connectivity index (χ0v) is 15.8. The van der Waals surface area contributed by atoms with Crippen molar-refractivity contribution in [2.75, 3.05) is 33.4 Å². The first kappa shape index (κ1) is 18.5. The molecule has 5 nitrogen and oxygen atoms in total. The molecule has 26 heavy (non-hydrogen) atoms. The van der Waals surface area contributed by atoms with Crippen LogP contribution in [0.1, 0.15) is 23.3 Å². The number of aliphatic imine (C=N–C) groups is 1. The Hall–Kier alpha value is -2.27. The number of guanidine groups is 1. The van der Waals surface area contributed by atoms with Crippen LogP contribution in [-0.4, -0.2) is 44.2 Å². The lowest BCUT2D eigenvalue weighted by Crippen LogP contribution is -2.40. The summed E-state index contributed by atoms with van der Waals surface area (Å²) in [4.78, 5) is 7.04. The molecule has 0 radical (unpaired) electrons. The fourth-order valence-corrected chi connectivity index (χ4v) is 3.05. The van der Waals surface area contributed by atoms with Crippen molar-refractivity contribution in [3.63, 3.8) is 0 Å². The molecule has 0 amide bonds. The van der Waals surface area contributed by atoms with Gasteiger partial charge < -0.3 is 19.4 Å². The first-order valence-electron chi connectivity index (χ1n) is 9.36. The highest BCUT2D eigenvalue weighted by molar-refractivity contribution is 5.79. The number of rotatable bonds is 7. The van der Waals surface area contributed by atoms with Crippen molar-refractivity contribution in [2.24, 2.45) is 10.9 Å². The second kappa shape index (κ2) is 9.43. The predicted octanol–water partition coefficient (Wildman–Crippen LogP) is 3.24. The highest BCUT2D eigenvalue weighted by Crippen LogP contribution is 2.13. The van der Waals surface area contributed by atoms with Crippen LogP contribution in [0.4, 0.5) is 0 Å². The summed E-state index contributed by atoms with van der Waals surface area (Å²) in [5.41, 5.74) is 2.56. The number of hydrogen-bond acceptors (Lipinski definition) is 3. The van der Waals surface area contributed by atoms with E-state index in [-0.39, 0.29) is 0 Å². The smallest absolute Gasteiger partial charge is 0.193 e. The van der Waals surface area contributed by atoms with Gasteiger partial charge in [-0.2, -0.15) is 0 Å². The third-order valence-corrected chi connectivity index (χ3v) is 4.66. The van der Waals surface area contributed by atoms with Crippen LogP contribution < -0.4 is 5.32 Å². The Bertz CT molecular complexity index is 674. The van der Waals surface area contributed by atoms with E-state index in [1.54, 1.807) is 6.26 Å². The van der Waals surface area contributed by atoms with Crippen LogP contribution in [0.15, 0.2) is 52.1 Å². The molecule has 1 fully saturated rings. The number of aryl methyl sites for hydroxylation is 1. The van der Waals surface area contributed by atoms with E-state index in [0.717, 1.165) is 57.4 Å². The number of benzene rings is 1. The van der Waals surface area contributed by atoms with E-state index in [2.05, 4.69) is 48.5 Å². The molecule has 0 saturated carbocycles. The second-order valence-electron chi connectivity index (χ2n) is 6.99. The molecule has 0 aliphatic carbocycles. The van der Waals surface area contributed by atoms with Crippen LogP contribution in [0.3, 0.4) is 0 Å². The standard InChI is InChI=1S/C21H29N3O2/c1-17-5-7-18(8-6-17)15-24(2)21(23-14-19-10-13-25-16-19)22-11-9-20-4-3-12-26-20/h3-8,12,19H,9-11,13-16H2,1-2H3,(H,22,23). The monoisotopic (exact) mass is 355 g/mol. The van der Waals surface area contributed by atoms with Gasteiger partial charge in [0, 0.05) is 45.6 Å². The first-order valence-corrected chi connectivity index (χ1v) is 9.36. The Morgan fingerprint density at radius 3 is 2.81 bits per heavy atom. The zero-order chi connectivity index (χ0) is 18.2. The Kier molecular flexibility index (Phi) is 6.72. The molecule has 1 saturated heterocycles. The fraction of sp³-hybridized carbons (Fsp3) is 0.476. The lowest BCUT2D eigenvalue weighted by Gasteiger charge is -2.23. The summed E-state index contributed by atoms with van der Waals surface area (Å²) >= 11 is 0. The van der Waals surface area contributed by atoms with Crippen LogP contribution in [0, 0.1) is 12.8 Å². The van der Waals surface area contributed by atoms with Crippen LogP contribution in [0.2, 0.25) is 0 Å². The molecular formula is C21H29N3O2. The van der Waals surface area contributed by atoms with E-state index < -0.39 is 0 Å². The molecule has 2 heterocycles. The summed E-state index contributed by atoms with van der Waals surface area (Å²) in [5.74, 6) is 2.45. The lowest BCUT2D eigenvalue weighted by atomic mass is 10.1. The number of ether oxygens (including phenoxy) is 1. The van der Waals surface area contributed by atoms with E-state index in [0.29, 0.717) is 5.92 Å². The highest BCUT2D eigenvalue weighted by atomic mass is 16.5. The van der Waals surface area contributed by atoms with Crippen molar-refractivity contribution in [3.8, 4) is 0 Å². The number of furan rings is 1. The number of nitrogens with one attached hydrogen (secondary N) is 1. The molecule has 3 rings (SSSR count). The molecule has 1 atom stereocenters. The molecular weight excluding hydrogens is 326 g/mol. The van der Waals surface area contributed by atoms with Crippen molar-refractivity contribution in [2.45, 2.75) is 26.3 Å². The van der Waals surface area contributed by atoms with E-state index in [9.17, 15) is 0 Å². The quantitative estimate of drug-likeness (QED) is 0.612. The zero-order valence-electron chi connectivity index (χ0n) is 15.8. The molecule has 1 unspecified atom stereocenters. The van der Waals surface area contributed by atoms with E-state index >= 15 is 0 Å². The van der Waals surface area contributed by atoms with Crippen molar-refractivity contribution >= 4 is 5.96 Å². The van der Waals surface area contributed by atoms with Gasteiger partial charge in [0.2, 0.25) is 0 Å². The first-order chi connectivity index (χ1) is 12.7.